The molecule has 0 amide bonds. The zero-order valence-corrected chi connectivity index (χ0v) is 13.2. The van der Waals surface area contributed by atoms with Crippen LogP contribution >= 0.6 is 0 Å². The highest BCUT2D eigenvalue weighted by Gasteiger charge is 2.26. The molecule has 2 aliphatic rings. The van der Waals surface area contributed by atoms with Gasteiger partial charge < -0.3 is 10.2 Å². The predicted molar refractivity (Wildman–Crippen MR) is 83.5 cm³/mol. The Balaban J connectivity index is 1.85. The molecule has 0 aromatic heterocycles. The first kappa shape index (κ1) is 15.3. The Morgan fingerprint density at radius 2 is 1.53 bits per heavy atom. The van der Waals surface area contributed by atoms with Crippen LogP contribution in [0.3, 0.4) is 0 Å². The van der Waals surface area contributed by atoms with Crippen molar-refractivity contribution in [3.05, 3.63) is 0 Å². The highest BCUT2D eigenvalue weighted by Crippen LogP contribution is 2.27. The van der Waals surface area contributed by atoms with Crippen molar-refractivity contribution < 1.29 is 0 Å². The van der Waals surface area contributed by atoms with E-state index in [4.69, 9.17) is 0 Å². The molecule has 2 nitrogen and oxygen atoms in total. The molecule has 2 aliphatic carbocycles. The molecule has 2 rings (SSSR count). The van der Waals surface area contributed by atoms with Crippen molar-refractivity contribution >= 4 is 0 Å². The third kappa shape index (κ3) is 4.75. The Morgan fingerprint density at radius 3 is 2.21 bits per heavy atom. The van der Waals surface area contributed by atoms with Crippen molar-refractivity contribution in [2.75, 3.05) is 20.1 Å². The van der Waals surface area contributed by atoms with Crippen LogP contribution in [0.15, 0.2) is 0 Å². The van der Waals surface area contributed by atoms with E-state index in [0.29, 0.717) is 0 Å². The zero-order valence-electron chi connectivity index (χ0n) is 13.2. The second kappa shape index (κ2) is 8.26. The lowest BCUT2D eigenvalue weighted by molar-refractivity contribution is 0.147. The summed E-state index contributed by atoms with van der Waals surface area (Å²) >= 11 is 0. The van der Waals surface area contributed by atoms with Crippen molar-refractivity contribution in [1.82, 2.24) is 10.2 Å². The first-order valence-corrected chi connectivity index (χ1v) is 8.75. The summed E-state index contributed by atoms with van der Waals surface area (Å²) in [5, 5.41) is 3.76. The number of rotatable bonds is 5. The van der Waals surface area contributed by atoms with Crippen LogP contribution in [0.4, 0.5) is 0 Å². The Morgan fingerprint density at radius 1 is 0.895 bits per heavy atom. The topological polar surface area (TPSA) is 15.3 Å². The van der Waals surface area contributed by atoms with E-state index in [0.717, 1.165) is 24.5 Å². The van der Waals surface area contributed by atoms with E-state index in [-0.39, 0.29) is 0 Å². The molecule has 2 saturated carbocycles. The van der Waals surface area contributed by atoms with Crippen molar-refractivity contribution in [1.29, 1.82) is 0 Å². The van der Waals surface area contributed by atoms with Gasteiger partial charge in [-0.3, -0.25) is 0 Å². The smallest absolute Gasteiger partial charge is 0.0107 e. The van der Waals surface area contributed by atoms with Crippen LogP contribution in [0.2, 0.25) is 0 Å². The fourth-order valence-electron chi connectivity index (χ4n) is 4.17. The van der Waals surface area contributed by atoms with Crippen molar-refractivity contribution in [2.24, 2.45) is 5.92 Å². The highest BCUT2D eigenvalue weighted by atomic mass is 15.1. The van der Waals surface area contributed by atoms with E-state index < -0.39 is 0 Å². The molecule has 19 heavy (non-hydrogen) atoms. The lowest BCUT2D eigenvalue weighted by Gasteiger charge is -2.36. The number of nitrogens with one attached hydrogen (secondary N) is 1. The van der Waals surface area contributed by atoms with Gasteiger partial charge in [0.1, 0.15) is 0 Å². The van der Waals surface area contributed by atoms with Gasteiger partial charge in [-0.25, -0.2) is 0 Å². The van der Waals surface area contributed by atoms with E-state index in [9.17, 15) is 0 Å². The SMILES string of the molecule is CCNC1CCCCCC1CN(C)C1CCCCC1. The number of hydrogen-bond donors (Lipinski definition) is 1. The van der Waals surface area contributed by atoms with E-state index in [2.05, 4.69) is 24.2 Å². The molecule has 0 aliphatic heterocycles. The predicted octanol–water partition coefficient (Wildman–Crippen LogP) is 3.81. The van der Waals surface area contributed by atoms with Crippen LogP contribution in [-0.2, 0) is 0 Å². The summed E-state index contributed by atoms with van der Waals surface area (Å²) < 4.78 is 0. The van der Waals surface area contributed by atoms with Gasteiger partial charge in [0.2, 0.25) is 0 Å². The Hall–Kier alpha value is -0.0800. The van der Waals surface area contributed by atoms with Crippen molar-refractivity contribution in [2.45, 2.75) is 83.2 Å². The third-order valence-electron chi connectivity index (χ3n) is 5.35. The van der Waals surface area contributed by atoms with Crippen LogP contribution < -0.4 is 5.32 Å². The van der Waals surface area contributed by atoms with Gasteiger partial charge in [0.05, 0.1) is 0 Å². The fraction of sp³-hybridized carbons (Fsp3) is 1.00. The van der Waals surface area contributed by atoms with Crippen LogP contribution in [0.5, 0.6) is 0 Å². The third-order valence-corrected chi connectivity index (χ3v) is 5.35. The molecule has 1 N–H and O–H groups in total. The molecule has 0 aromatic rings. The summed E-state index contributed by atoms with van der Waals surface area (Å²) in [6.07, 6.45) is 14.4. The molecule has 0 saturated heterocycles. The summed E-state index contributed by atoms with van der Waals surface area (Å²) in [6.45, 7) is 4.71. The summed E-state index contributed by atoms with van der Waals surface area (Å²) in [5.41, 5.74) is 0. The molecule has 0 radical (unpaired) electrons. The zero-order chi connectivity index (χ0) is 13.5. The van der Waals surface area contributed by atoms with Gasteiger partial charge in [-0.1, -0.05) is 45.4 Å². The highest BCUT2D eigenvalue weighted by molar-refractivity contribution is 4.83. The molecular weight excluding hydrogens is 232 g/mol. The van der Waals surface area contributed by atoms with E-state index in [1.165, 1.54) is 70.8 Å². The van der Waals surface area contributed by atoms with Gasteiger partial charge in [-0.05, 0) is 45.2 Å². The van der Waals surface area contributed by atoms with Gasteiger partial charge in [0.15, 0.2) is 0 Å². The minimum Gasteiger partial charge on any atom is -0.314 e. The molecule has 2 unspecified atom stereocenters. The summed E-state index contributed by atoms with van der Waals surface area (Å²) in [4.78, 5) is 2.69. The number of hydrogen-bond acceptors (Lipinski definition) is 2. The monoisotopic (exact) mass is 266 g/mol. The molecule has 2 heteroatoms. The average Bonchev–Trinajstić information content (AvgIpc) is 2.66. The minimum absolute atomic E-state index is 0.776. The molecule has 0 bridgehead atoms. The maximum atomic E-state index is 3.76. The Bertz CT molecular complexity index is 235. The minimum atomic E-state index is 0.776. The molecular formula is C17H34N2. The van der Waals surface area contributed by atoms with E-state index in [1.54, 1.807) is 0 Å². The van der Waals surface area contributed by atoms with Gasteiger partial charge in [-0.15, -0.1) is 0 Å². The van der Waals surface area contributed by atoms with E-state index in [1.807, 2.05) is 0 Å². The summed E-state index contributed by atoms with van der Waals surface area (Å²) in [7, 11) is 2.38. The lowest BCUT2D eigenvalue weighted by Crippen LogP contribution is -2.44. The lowest BCUT2D eigenvalue weighted by atomic mass is 9.90. The molecule has 0 spiro atoms. The van der Waals surface area contributed by atoms with Gasteiger partial charge in [0.25, 0.3) is 0 Å². The second-order valence-electron chi connectivity index (χ2n) is 6.79. The molecule has 2 atom stereocenters. The Labute approximate surface area is 120 Å². The van der Waals surface area contributed by atoms with Crippen LogP contribution in [-0.4, -0.2) is 37.1 Å². The standard InChI is InChI=1S/C17H34N2/c1-3-18-17-13-9-4-6-10-15(17)14-19(2)16-11-7-5-8-12-16/h15-18H,3-14H2,1-2H3. The average molecular weight is 266 g/mol. The largest absolute Gasteiger partial charge is 0.314 e. The fourth-order valence-corrected chi connectivity index (χ4v) is 4.17. The molecule has 0 heterocycles. The van der Waals surface area contributed by atoms with E-state index >= 15 is 0 Å². The summed E-state index contributed by atoms with van der Waals surface area (Å²) in [5.74, 6) is 0.884. The van der Waals surface area contributed by atoms with Crippen molar-refractivity contribution in [3.8, 4) is 0 Å². The second-order valence-corrected chi connectivity index (χ2v) is 6.79. The number of nitrogens with zero attached hydrogens (tertiary/aromatic N) is 1. The first-order chi connectivity index (χ1) is 9.31. The normalized spacial score (nSPS) is 30.5. The van der Waals surface area contributed by atoms with Crippen LogP contribution in [0, 0.1) is 5.92 Å². The van der Waals surface area contributed by atoms with Crippen LogP contribution in [0.25, 0.3) is 0 Å². The first-order valence-electron chi connectivity index (χ1n) is 8.75. The van der Waals surface area contributed by atoms with Crippen molar-refractivity contribution in [3.63, 3.8) is 0 Å². The van der Waals surface area contributed by atoms with Gasteiger partial charge in [0, 0.05) is 18.6 Å². The maximum absolute atomic E-state index is 3.76. The summed E-state index contributed by atoms with van der Waals surface area (Å²) in [6, 6.07) is 1.65. The van der Waals surface area contributed by atoms with Crippen LogP contribution in [0.1, 0.15) is 71.1 Å². The maximum Gasteiger partial charge on any atom is 0.0107 e. The quantitative estimate of drug-likeness (QED) is 0.761. The van der Waals surface area contributed by atoms with Gasteiger partial charge >= 0.3 is 0 Å². The van der Waals surface area contributed by atoms with Gasteiger partial charge in [-0.2, -0.15) is 0 Å². The molecule has 0 aromatic carbocycles. The molecule has 2 fully saturated rings. The Kier molecular flexibility index (Phi) is 6.66. The molecule has 112 valence electrons.